The Balaban J connectivity index is 2.66. The van der Waals surface area contributed by atoms with Gasteiger partial charge in [0.15, 0.2) is 0 Å². The monoisotopic (exact) mass is 161 g/mol. The molecule has 1 unspecified atom stereocenters. The molecule has 0 radical (unpaired) electrons. The topological polar surface area (TPSA) is 51.8 Å². The Morgan fingerprint density at radius 2 is 2.17 bits per heavy atom. The van der Waals surface area contributed by atoms with Crippen molar-refractivity contribution in [2.24, 2.45) is 0 Å². The van der Waals surface area contributed by atoms with Crippen molar-refractivity contribution in [3.8, 4) is 0 Å². The molecule has 12 heavy (non-hydrogen) atoms. The van der Waals surface area contributed by atoms with Gasteiger partial charge >= 0.3 is 0 Å². The van der Waals surface area contributed by atoms with Gasteiger partial charge in [0, 0.05) is 11.5 Å². The summed E-state index contributed by atoms with van der Waals surface area (Å²) in [7, 11) is 0. The van der Waals surface area contributed by atoms with Crippen molar-refractivity contribution in [1.82, 2.24) is 9.97 Å². The van der Waals surface area contributed by atoms with Crippen molar-refractivity contribution in [2.75, 3.05) is 5.73 Å². The lowest BCUT2D eigenvalue weighted by Crippen LogP contribution is -2.03. The summed E-state index contributed by atoms with van der Waals surface area (Å²) in [5, 5.41) is 0. The molecule has 0 saturated carbocycles. The predicted octanol–water partition coefficient (Wildman–Crippen LogP) is 1.50. The summed E-state index contributed by atoms with van der Waals surface area (Å²) in [5.74, 6) is 0.755. The van der Waals surface area contributed by atoms with Crippen molar-refractivity contribution < 1.29 is 0 Å². The van der Waals surface area contributed by atoms with E-state index in [4.69, 9.17) is 5.73 Å². The van der Waals surface area contributed by atoms with E-state index in [9.17, 15) is 0 Å². The zero-order valence-corrected chi connectivity index (χ0v) is 7.20. The van der Waals surface area contributed by atoms with Crippen LogP contribution < -0.4 is 5.73 Å². The van der Waals surface area contributed by atoms with E-state index >= 15 is 0 Å². The van der Waals surface area contributed by atoms with E-state index in [1.807, 2.05) is 6.92 Å². The SMILES string of the molecule is Cc1nc(N)nc2c1C=CC2C. The van der Waals surface area contributed by atoms with Crippen molar-refractivity contribution in [3.05, 3.63) is 23.0 Å². The predicted molar refractivity (Wildman–Crippen MR) is 48.6 cm³/mol. The number of anilines is 1. The van der Waals surface area contributed by atoms with Crippen LogP contribution in [0.25, 0.3) is 6.08 Å². The van der Waals surface area contributed by atoms with Gasteiger partial charge in [-0.15, -0.1) is 0 Å². The van der Waals surface area contributed by atoms with Crippen LogP contribution in [0.2, 0.25) is 0 Å². The zero-order valence-electron chi connectivity index (χ0n) is 7.20. The Morgan fingerprint density at radius 3 is 2.92 bits per heavy atom. The number of allylic oxidation sites excluding steroid dienone is 1. The minimum absolute atomic E-state index is 0.377. The highest BCUT2D eigenvalue weighted by Crippen LogP contribution is 2.29. The minimum Gasteiger partial charge on any atom is -0.368 e. The fourth-order valence-corrected chi connectivity index (χ4v) is 1.51. The number of aromatic nitrogens is 2. The van der Waals surface area contributed by atoms with E-state index in [0.29, 0.717) is 11.9 Å². The lowest BCUT2D eigenvalue weighted by atomic mass is 10.1. The van der Waals surface area contributed by atoms with Crippen molar-refractivity contribution in [3.63, 3.8) is 0 Å². The highest BCUT2D eigenvalue weighted by molar-refractivity contribution is 5.62. The number of nitrogens with zero attached hydrogens (tertiary/aromatic N) is 2. The van der Waals surface area contributed by atoms with E-state index in [-0.39, 0.29) is 0 Å². The van der Waals surface area contributed by atoms with Crippen LogP contribution in [0, 0.1) is 6.92 Å². The molecular weight excluding hydrogens is 150 g/mol. The van der Waals surface area contributed by atoms with E-state index < -0.39 is 0 Å². The first-order chi connectivity index (χ1) is 5.68. The Kier molecular flexibility index (Phi) is 1.40. The third-order valence-corrected chi connectivity index (χ3v) is 2.17. The van der Waals surface area contributed by atoms with Crippen molar-refractivity contribution in [2.45, 2.75) is 19.8 Å². The lowest BCUT2D eigenvalue weighted by molar-refractivity contribution is 0.906. The molecule has 0 amide bonds. The number of nitrogens with two attached hydrogens (primary N) is 1. The zero-order chi connectivity index (χ0) is 8.72. The molecular formula is C9H11N3. The number of hydrogen-bond donors (Lipinski definition) is 1. The molecule has 3 nitrogen and oxygen atoms in total. The molecule has 0 aromatic carbocycles. The van der Waals surface area contributed by atoms with E-state index in [1.54, 1.807) is 0 Å². The molecule has 2 N–H and O–H groups in total. The molecule has 1 aromatic rings. The average Bonchev–Trinajstić information content (AvgIpc) is 2.33. The molecule has 1 atom stereocenters. The molecule has 0 spiro atoms. The third kappa shape index (κ3) is 0.897. The first-order valence-electron chi connectivity index (χ1n) is 4.00. The van der Waals surface area contributed by atoms with Crippen LogP contribution in [0.3, 0.4) is 0 Å². The van der Waals surface area contributed by atoms with Gasteiger partial charge in [-0.1, -0.05) is 19.1 Å². The van der Waals surface area contributed by atoms with Gasteiger partial charge in [0.2, 0.25) is 5.95 Å². The van der Waals surface area contributed by atoms with Gasteiger partial charge in [-0.3, -0.25) is 0 Å². The summed E-state index contributed by atoms with van der Waals surface area (Å²) in [5.41, 5.74) is 8.71. The van der Waals surface area contributed by atoms with E-state index in [1.165, 1.54) is 0 Å². The van der Waals surface area contributed by atoms with Gasteiger partial charge < -0.3 is 5.73 Å². The van der Waals surface area contributed by atoms with Crippen LogP contribution in [0.5, 0.6) is 0 Å². The van der Waals surface area contributed by atoms with E-state index in [2.05, 4.69) is 29.0 Å². The quantitative estimate of drug-likeness (QED) is 0.627. The van der Waals surface area contributed by atoms with Crippen LogP contribution in [0.15, 0.2) is 6.08 Å². The van der Waals surface area contributed by atoms with Gasteiger partial charge in [-0.05, 0) is 6.92 Å². The second-order valence-electron chi connectivity index (χ2n) is 3.11. The Hall–Kier alpha value is -1.38. The van der Waals surface area contributed by atoms with Crippen LogP contribution in [-0.4, -0.2) is 9.97 Å². The van der Waals surface area contributed by atoms with E-state index in [0.717, 1.165) is 17.0 Å². The minimum atomic E-state index is 0.377. The molecule has 0 fully saturated rings. The summed E-state index contributed by atoms with van der Waals surface area (Å²) in [6.07, 6.45) is 4.18. The fourth-order valence-electron chi connectivity index (χ4n) is 1.51. The maximum absolute atomic E-state index is 5.54. The molecule has 3 heteroatoms. The fraction of sp³-hybridized carbons (Fsp3) is 0.333. The van der Waals surface area contributed by atoms with Crippen molar-refractivity contribution in [1.29, 1.82) is 0 Å². The molecule has 2 rings (SSSR count). The summed E-state index contributed by atoms with van der Waals surface area (Å²) < 4.78 is 0. The van der Waals surface area contributed by atoms with Crippen LogP contribution >= 0.6 is 0 Å². The standard InChI is InChI=1S/C9H11N3/c1-5-3-4-7-6(2)11-9(10)12-8(5)7/h3-5H,1-2H3,(H2,10,11,12). The van der Waals surface area contributed by atoms with Gasteiger partial charge in [0.25, 0.3) is 0 Å². The summed E-state index contributed by atoms with van der Waals surface area (Å²) in [6, 6.07) is 0. The van der Waals surface area contributed by atoms with Crippen molar-refractivity contribution >= 4 is 12.0 Å². The number of rotatable bonds is 0. The summed E-state index contributed by atoms with van der Waals surface area (Å²) in [4.78, 5) is 8.29. The van der Waals surface area contributed by atoms with Gasteiger partial charge in [0.05, 0.1) is 11.4 Å². The molecule has 0 bridgehead atoms. The largest absolute Gasteiger partial charge is 0.368 e. The number of fused-ring (bicyclic) bond motifs is 1. The average molecular weight is 161 g/mol. The maximum atomic E-state index is 5.54. The Bertz CT molecular complexity index is 355. The molecule has 0 saturated heterocycles. The molecule has 1 aromatic heterocycles. The Morgan fingerprint density at radius 1 is 1.42 bits per heavy atom. The smallest absolute Gasteiger partial charge is 0.220 e. The molecule has 1 aliphatic rings. The molecule has 0 aliphatic heterocycles. The molecule has 1 aliphatic carbocycles. The van der Waals surface area contributed by atoms with Gasteiger partial charge in [0.1, 0.15) is 0 Å². The molecule has 1 heterocycles. The number of hydrogen-bond acceptors (Lipinski definition) is 3. The second-order valence-corrected chi connectivity index (χ2v) is 3.11. The highest BCUT2D eigenvalue weighted by atomic mass is 15.0. The van der Waals surface area contributed by atoms with Crippen LogP contribution in [0.4, 0.5) is 5.95 Å². The summed E-state index contributed by atoms with van der Waals surface area (Å²) >= 11 is 0. The lowest BCUT2D eigenvalue weighted by Gasteiger charge is -2.05. The van der Waals surface area contributed by atoms with Crippen LogP contribution in [-0.2, 0) is 0 Å². The molecule has 62 valence electrons. The van der Waals surface area contributed by atoms with Crippen LogP contribution in [0.1, 0.15) is 29.8 Å². The Labute approximate surface area is 71.3 Å². The normalized spacial score (nSPS) is 19.7. The summed E-state index contributed by atoms with van der Waals surface area (Å²) in [6.45, 7) is 4.06. The maximum Gasteiger partial charge on any atom is 0.220 e. The first-order valence-corrected chi connectivity index (χ1v) is 4.00. The highest BCUT2D eigenvalue weighted by Gasteiger charge is 2.17. The second kappa shape index (κ2) is 2.30. The number of nitrogen functional groups attached to an aromatic ring is 1. The number of aryl methyl sites for hydroxylation is 1. The third-order valence-electron chi connectivity index (χ3n) is 2.17. The van der Waals surface area contributed by atoms with Gasteiger partial charge in [-0.2, -0.15) is 0 Å². The van der Waals surface area contributed by atoms with Gasteiger partial charge in [-0.25, -0.2) is 9.97 Å². The first kappa shape index (κ1) is 7.28.